The number of hydrogen-bond donors (Lipinski definition) is 1. The lowest BCUT2D eigenvalue weighted by atomic mass is 9.92. The SMILES string of the molecule is Cc1cc(C(=O)N2CCC[C@H](CCC(=O)N(C)C3CCN(C)CC3)C2)cc(=O)[nH]1. The molecule has 0 aromatic carbocycles. The summed E-state index contributed by atoms with van der Waals surface area (Å²) in [5.74, 6) is 0.470. The molecule has 7 heteroatoms. The number of carbonyl (C=O) groups excluding carboxylic acids is 2. The molecule has 160 valence electrons. The van der Waals surface area contributed by atoms with E-state index in [9.17, 15) is 14.4 Å². The number of pyridine rings is 1. The summed E-state index contributed by atoms with van der Waals surface area (Å²) >= 11 is 0. The van der Waals surface area contributed by atoms with Crippen molar-refractivity contribution >= 4 is 11.8 Å². The highest BCUT2D eigenvalue weighted by molar-refractivity contribution is 5.94. The highest BCUT2D eigenvalue weighted by atomic mass is 16.2. The van der Waals surface area contributed by atoms with Crippen molar-refractivity contribution in [3.63, 3.8) is 0 Å². The summed E-state index contributed by atoms with van der Waals surface area (Å²) in [4.78, 5) is 45.9. The molecule has 1 atom stereocenters. The van der Waals surface area contributed by atoms with Crippen molar-refractivity contribution in [1.29, 1.82) is 0 Å². The lowest BCUT2D eigenvalue weighted by Gasteiger charge is -2.36. The van der Waals surface area contributed by atoms with Crippen LogP contribution in [0.5, 0.6) is 0 Å². The van der Waals surface area contributed by atoms with Crippen LogP contribution in [0.3, 0.4) is 0 Å². The maximum absolute atomic E-state index is 12.8. The van der Waals surface area contributed by atoms with Gasteiger partial charge in [-0.3, -0.25) is 14.4 Å². The number of aryl methyl sites for hydroxylation is 1. The monoisotopic (exact) mass is 402 g/mol. The predicted molar refractivity (Wildman–Crippen MR) is 113 cm³/mol. The first-order valence-corrected chi connectivity index (χ1v) is 10.8. The summed E-state index contributed by atoms with van der Waals surface area (Å²) in [6.07, 6.45) is 5.43. The average molecular weight is 403 g/mol. The molecular formula is C22H34N4O3. The Morgan fingerprint density at radius 1 is 1.17 bits per heavy atom. The van der Waals surface area contributed by atoms with Gasteiger partial charge in [-0.1, -0.05) is 0 Å². The van der Waals surface area contributed by atoms with Crippen LogP contribution in [0.1, 0.15) is 54.6 Å². The lowest BCUT2D eigenvalue weighted by Crippen LogP contribution is -2.45. The number of hydrogen-bond acceptors (Lipinski definition) is 4. The largest absolute Gasteiger partial charge is 0.343 e. The fraction of sp³-hybridized carbons (Fsp3) is 0.682. The predicted octanol–water partition coefficient (Wildman–Crippen LogP) is 1.87. The van der Waals surface area contributed by atoms with Gasteiger partial charge < -0.3 is 19.7 Å². The van der Waals surface area contributed by atoms with Gasteiger partial charge in [-0.25, -0.2) is 0 Å². The first-order chi connectivity index (χ1) is 13.8. The fourth-order valence-corrected chi connectivity index (χ4v) is 4.56. The van der Waals surface area contributed by atoms with E-state index in [2.05, 4.69) is 16.9 Å². The zero-order valence-electron chi connectivity index (χ0n) is 17.9. The summed E-state index contributed by atoms with van der Waals surface area (Å²) < 4.78 is 0. The van der Waals surface area contributed by atoms with Crippen molar-refractivity contribution in [3.8, 4) is 0 Å². The minimum absolute atomic E-state index is 0.0846. The summed E-state index contributed by atoms with van der Waals surface area (Å²) in [5.41, 5.74) is 0.895. The molecular weight excluding hydrogens is 368 g/mol. The van der Waals surface area contributed by atoms with E-state index < -0.39 is 0 Å². The van der Waals surface area contributed by atoms with Crippen molar-refractivity contribution < 1.29 is 9.59 Å². The third-order valence-electron chi connectivity index (χ3n) is 6.43. The molecule has 7 nitrogen and oxygen atoms in total. The molecule has 2 saturated heterocycles. The van der Waals surface area contributed by atoms with E-state index in [-0.39, 0.29) is 17.4 Å². The van der Waals surface area contributed by atoms with Gasteiger partial charge in [0.25, 0.3) is 5.91 Å². The minimum Gasteiger partial charge on any atom is -0.343 e. The van der Waals surface area contributed by atoms with Gasteiger partial charge in [0.15, 0.2) is 0 Å². The number of nitrogens with zero attached hydrogens (tertiary/aromatic N) is 3. The Hall–Kier alpha value is -2.15. The molecule has 3 heterocycles. The van der Waals surface area contributed by atoms with Gasteiger partial charge >= 0.3 is 0 Å². The van der Waals surface area contributed by atoms with Crippen LogP contribution in [0, 0.1) is 12.8 Å². The normalized spacial score (nSPS) is 21.2. The molecule has 1 aromatic rings. The molecule has 3 rings (SSSR count). The topological polar surface area (TPSA) is 76.7 Å². The Balaban J connectivity index is 1.51. The van der Waals surface area contributed by atoms with Crippen LogP contribution >= 0.6 is 0 Å². The molecule has 0 unspecified atom stereocenters. The fourth-order valence-electron chi connectivity index (χ4n) is 4.56. The van der Waals surface area contributed by atoms with Crippen LogP contribution in [-0.4, -0.2) is 77.8 Å². The summed E-state index contributed by atoms with van der Waals surface area (Å²) in [5, 5.41) is 0. The first-order valence-electron chi connectivity index (χ1n) is 10.8. The number of H-pyrrole nitrogens is 1. The molecule has 0 spiro atoms. The van der Waals surface area contributed by atoms with Crippen LogP contribution < -0.4 is 5.56 Å². The molecule has 2 fully saturated rings. The van der Waals surface area contributed by atoms with Gasteiger partial charge in [0, 0.05) is 49.9 Å². The van der Waals surface area contributed by atoms with E-state index in [4.69, 9.17) is 0 Å². The number of rotatable bonds is 5. The Bertz CT molecular complexity index is 783. The van der Waals surface area contributed by atoms with Gasteiger partial charge in [-0.15, -0.1) is 0 Å². The lowest BCUT2D eigenvalue weighted by molar-refractivity contribution is -0.133. The van der Waals surface area contributed by atoms with Crippen LogP contribution in [0.25, 0.3) is 0 Å². The molecule has 2 aliphatic heterocycles. The standard InChI is InChI=1S/C22H34N4O3/c1-16-13-18(14-20(27)23-16)22(29)26-10-4-5-17(15-26)6-7-21(28)25(3)19-8-11-24(2)12-9-19/h13-14,17,19H,4-12,15H2,1-3H3,(H,23,27)/t17-/m1/s1. The van der Waals surface area contributed by atoms with E-state index >= 15 is 0 Å². The van der Waals surface area contributed by atoms with Crippen molar-refractivity contribution in [3.05, 3.63) is 33.7 Å². The first kappa shape index (κ1) is 21.6. The number of carbonyl (C=O) groups is 2. The van der Waals surface area contributed by atoms with Crippen molar-refractivity contribution in [2.45, 2.75) is 51.5 Å². The number of aromatic nitrogens is 1. The zero-order valence-corrected chi connectivity index (χ0v) is 17.9. The summed E-state index contributed by atoms with van der Waals surface area (Å²) in [6, 6.07) is 3.45. The van der Waals surface area contributed by atoms with E-state index in [1.807, 2.05) is 16.8 Å². The molecule has 1 N–H and O–H groups in total. The average Bonchev–Trinajstić information content (AvgIpc) is 2.71. The van der Waals surface area contributed by atoms with Crippen LogP contribution in [0.4, 0.5) is 0 Å². The van der Waals surface area contributed by atoms with Gasteiger partial charge in [0.1, 0.15) is 0 Å². The maximum Gasteiger partial charge on any atom is 0.254 e. The Kier molecular flexibility index (Phi) is 7.11. The quantitative estimate of drug-likeness (QED) is 0.816. The van der Waals surface area contributed by atoms with Crippen LogP contribution in [0.2, 0.25) is 0 Å². The van der Waals surface area contributed by atoms with Gasteiger partial charge in [0.2, 0.25) is 11.5 Å². The molecule has 0 aliphatic carbocycles. The molecule has 1 aromatic heterocycles. The summed E-state index contributed by atoms with van der Waals surface area (Å²) in [7, 11) is 4.06. The number of nitrogens with one attached hydrogen (secondary N) is 1. The van der Waals surface area contributed by atoms with Gasteiger partial charge in [0.05, 0.1) is 0 Å². The van der Waals surface area contributed by atoms with E-state index in [1.54, 1.807) is 13.0 Å². The molecule has 2 amide bonds. The van der Waals surface area contributed by atoms with E-state index in [0.717, 1.165) is 45.2 Å². The van der Waals surface area contributed by atoms with Crippen LogP contribution in [0.15, 0.2) is 16.9 Å². The third kappa shape index (κ3) is 5.69. The van der Waals surface area contributed by atoms with Crippen molar-refractivity contribution in [1.82, 2.24) is 19.7 Å². The highest BCUT2D eigenvalue weighted by Crippen LogP contribution is 2.23. The Morgan fingerprint density at radius 2 is 1.90 bits per heavy atom. The molecule has 2 aliphatic rings. The highest BCUT2D eigenvalue weighted by Gasteiger charge is 2.27. The molecule has 0 bridgehead atoms. The summed E-state index contributed by atoms with van der Waals surface area (Å²) in [6.45, 7) is 5.25. The van der Waals surface area contributed by atoms with Crippen molar-refractivity contribution in [2.24, 2.45) is 5.92 Å². The third-order valence-corrected chi connectivity index (χ3v) is 6.43. The Labute approximate surface area is 173 Å². The molecule has 0 saturated carbocycles. The smallest absolute Gasteiger partial charge is 0.254 e. The number of piperidine rings is 2. The number of likely N-dealkylation sites (tertiary alicyclic amines) is 2. The van der Waals surface area contributed by atoms with Crippen molar-refractivity contribution in [2.75, 3.05) is 40.3 Å². The van der Waals surface area contributed by atoms with E-state index in [1.165, 1.54) is 6.07 Å². The second-order valence-electron chi connectivity index (χ2n) is 8.75. The Morgan fingerprint density at radius 3 is 2.59 bits per heavy atom. The maximum atomic E-state index is 12.8. The number of aromatic amines is 1. The molecule has 0 radical (unpaired) electrons. The number of amides is 2. The second kappa shape index (κ2) is 9.57. The molecule has 29 heavy (non-hydrogen) atoms. The van der Waals surface area contributed by atoms with Crippen LogP contribution in [-0.2, 0) is 4.79 Å². The van der Waals surface area contributed by atoms with Gasteiger partial charge in [-0.05, 0) is 71.1 Å². The zero-order chi connectivity index (χ0) is 21.0. The van der Waals surface area contributed by atoms with E-state index in [0.29, 0.717) is 42.7 Å². The van der Waals surface area contributed by atoms with Gasteiger partial charge in [-0.2, -0.15) is 0 Å². The second-order valence-corrected chi connectivity index (χ2v) is 8.75. The minimum atomic E-state index is -0.246.